The molecule has 1 aliphatic rings. The average molecular weight is 311 g/mol. The number of halogens is 1. The van der Waals surface area contributed by atoms with Gasteiger partial charge in [0.2, 0.25) is 11.8 Å². The Hall–Kier alpha value is -1.66. The third-order valence-electron chi connectivity index (χ3n) is 3.40. The van der Waals surface area contributed by atoms with Crippen molar-refractivity contribution in [3.63, 3.8) is 0 Å². The Morgan fingerprint density at radius 2 is 2.10 bits per heavy atom. The van der Waals surface area contributed by atoms with Crippen LogP contribution in [0.1, 0.15) is 13.3 Å². The van der Waals surface area contributed by atoms with E-state index >= 15 is 0 Å². The first-order valence-corrected chi connectivity index (χ1v) is 7.31. The molecule has 6 nitrogen and oxygen atoms in total. The van der Waals surface area contributed by atoms with E-state index in [1.165, 1.54) is 6.20 Å². The molecule has 21 heavy (non-hydrogen) atoms. The van der Waals surface area contributed by atoms with Gasteiger partial charge in [-0.15, -0.1) is 0 Å². The predicted molar refractivity (Wildman–Crippen MR) is 81.2 cm³/mol. The Kier molecular flexibility index (Phi) is 5.52. The lowest BCUT2D eigenvalue weighted by Gasteiger charge is -2.20. The normalized spacial score (nSPS) is 16.4. The number of pyridine rings is 1. The van der Waals surface area contributed by atoms with Gasteiger partial charge in [-0.2, -0.15) is 0 Å². The van der Waals surface area contributed by atoms with E-state index in [2.05, 4.69) is 10.3 Å². The van der Waals surface area contributed by atoms with Gasteiger partial charge in [-0.3, -0.25) is 14.5 Å². The molecule has 0 saturated carbocycles. The number of nitrogens with one attached hydrogen (secondary N) is 1. The largest absolute Gasteiger partial charge is 0.342 e. The number of nitrogens with zero attached hydrogens (tertiary/aromatic N) is 3. The van der Waals surface area contributed by atoms with Gasteiger partial charge < -0.3 is 10.2 Å². The summed E-state index contributed by atoms with van der Waals surface area (Å²) < 4.78 is 0. The van der Waals surface area contributed by atoms with E-state index in [4.69, 9.17) is 11.6 Å². The highest BCUT2D eigenvalue weighted by molar-refractivity contribution is 6.30. The molecule has 0 aliphatic carbocycles. The lowest BCUT2D eigenvalue weighted by atomic mass is 10.3. The summed E-state index contributed by atoms with van der Waals surface area (Å²) in [6, 6.07) is 3.35. The van der Waals surface area contributed by atoms with Crippen molar-refractivity contribution < 1.29 is 9.59 Å². The van der Waals surface area contributed by atoms with Gasteiger partial charge in [0.15, 0.2) is 0 Å². The molecule has 2 amide bonds. The van der Waals surface area contributed by atoms with Crippen molar-refractivity contribution in [2.45, 2.75) is 13.3 Å². The second-order valence-corrected chi connectivity index (χ2v) is 5.48. The summed E-state index contributed by atoms with van der Waals surface area (Å²) in [6.07, 6.45) is 2.37. The molecule has 114 valence electrons. The van der Waals surface area contributed by atoms with Crippen molar-refractivity contribution in [2.24, 2.45) is 0 Å². The smallest absolute Gasteiger partial charge is 0.239 e. The lowest BCUT2D eigenvalue weighted by molar-refractivity contribution is -0.128. The topological polar surface area (TPSA) is 65.5 Å². The zero-order valence-corrected chi connectivity index (χ0v) is 12.8. The molecule has 2 heterocycles. The molecule has 0 spiro atoms. The van der Waals surface area contributed by atoms with E-state index < -0.39 is 0 Å². The first-order chi connectivity index (χ1) is 10.0. The molecule has 1 saturated heterocycles. The van der Waals surface area contributed by atoms with E-state index in [9.17, 15) is 9.59 Å². The van der Waals surface area contributed by atoms with Crippen molar-refractivity contribution in [1.82, 2.24) is 14.8 Å². The van der Waals surface area contributed by atoms with Gasteiger partial charge in [-0.05, 0) is 18.6 Å². The number of rotatable bonds is 3. The Labute approximate surface area is 129 Å². The second-order valence-electron chi connectivity index (χ2n) is 5.05. The van der Waals surface area contributed by atoms with Crippen molar-refractivity contribution >= 4 is 29.2 Å². The molecule has 1 aromatic heterocycles. The monoisotopic (exact) mass is 310 g/mol. The van der Waals surface area contributed by atoms with E-state index in [1.807, 2.05) is 9.80 Å². The third kappa shape index (κ3) is 4.99. The molecule has 1 aromatic rings. The van der Waals surface area contributed by atoms with E-state index in [-0.39, 0.29) is 11.8 Å². The van der Waals surface area contributed by atoms with Gasteiger partial charge in [0.25, 0.3) is 0 Å². The molecule has 7 heteroatoms. The van der Waals surface area contributed by atoms with E-state index in [1.54, 1.807) is 19.1 Å². The molecule has 1 N–H and O–H groups in total. The minimum atomic E-state index is -0.110. The maximum atomic E-state index is 12.0. The van der Waals surface area contributed by atoms with E-state index in [0.29, 0.717) is 30.5 Å². The quantitative estimate of drug-likeness (QED) is 0.912. The minimum absolute atomic E-state index is 0.0895. The average Bonchev–Trinajstić information content (AvgIpc) is 2.67. The lowest BCUT2D eigenvalue weighted by Crippen LogP contribution is -2.37. The van der Waals surface area contributed by atoms with Crippen molar-refractivity contribution in [1.29, 1.82) is 0 Å². The predicted octanol–water partition coefficient (Wildman–Crippen LogP) is 1.23. The van der Waals surface area contributed by atoms with Crippen LogP contribution in [0.3, 0.4) is 0 Å². The summed E-state index contributed by atoms with van der Waals surface area (Å²) in [5.74, 6) is 0.470. The summed E-state index contributed by atoms with van der Waals surface area (Å²) >= 11 is 5.75. The van der Waals surface area contributed by atoms with Gasteiger partial charge in [-0.1, -0.05) is 11.6 Å². The minimum Gasteiger partial charge on any atom is -0.342 e. The molecule has 0 unspecified atom stereocenters. The van der Waals surface area contributed by atoms with E-state index in [0.717, 1.165) is 19.5 Å². The maximum Gasteiger partial charge on any atom is 0.239 e. The Bertz CT molecular complexity index is 506. The van der Waals surface area contributed by atoms with Crippen LogP contribution in [0.5, 0.6) is 0 Å². The van der Waals surface area contributed by atoms with Crippen molar-refractivity contribution in [3.8, 4) is 0 Å². The molecule has 0 radical (unpaired) electrons. The number of anilines is 1. The number of aromatic nitrogens is 1. The zero-order valence-electron chi connectivity index (χ0n) is 12.0. The number of amides is 2. The van der Waals surface area contributed by atoms with Gasteiger partial charge in [0.05, 0.1) is 11.6 Å². The Morgan fingerprint density at radius 1 is 1.29 bits per heavy atom. The van der Waals surface area contributed by atoms with Crippen LogP contribution in [0, 0.1) is 0 Å². The molecule has 0 bridgehead atoms. The highest BCUT2D eigenvalue weighted by Gasteiger charge is 2.18. The van der Waals surface area contributed by atoms with Crippen LogP contribution in [0.25, 0.3) is 0 Å². The number of carbonyl (C=O) groups excluding carboxylic acids is 2. The molecule has 0 atom stereocenters. The Morgan fingerprint density at radius 3 is 2.76 bits per heavy atom. The van der Waals surface area contributed by atoms with Crippen LogP contribution in [0.15, 0.2) is 18.3 Å². The van der Waals surface area contributed by atoms with Crippen LogP contribution >= 0.6 is 11.6 Å². The highest BCUT2D eigenvalue weighted by Crippen LogP contribution is 2.10. The number of hydrogen-bond acceptors (Lipinski definition) is 4. The highest BCUT2D eigenvalue weighted by atomic mass is 35.5. The fourth-order valence-electron chi connectivity index (χ4n) is 2.28. The van der Waals surface area contributed by atoms with Gasteiger partial charge in [0, 0.05) is 39.3 Å². The number of hydrogen-bond donors (Lipinski definition) is 1. The van der Waals surface area contributed by atoms with Crippen LogP contribution in [-0.4, -0.2) is 59.3 Å². The first-order valence-electron chi connectivity index (χ1n) is 6.94. The fraction of sp³-hybridized carbons (Fsp3) is 0.500. The molecule has 1 fully saturated rings. The SMILES string of the molecule is CC(=O)N1CCCN(CC(=O)Nc2ccc(Cl)cn2)CC1. The van der Waals surface area contributed by atoms with Gasteiger partial charge >= 0.3 is 0 Å². The van der Waals surface area contributed by atoms with Crippen LogP contribution in [-0.2, 0) is 9.59 Å². The molecular weight excluding hydrogens is 292 g/mol. The molecule has 2 rings (SSSR count). The maximum absolute atomic E-state index is 12.0. The Balaban J connectivity index is 1.82. The summed E-state index contributed by atoms with van der Waals surface area (Å²) in [5.41, 5.74) is 0. The standard InChI is InChI=1S/C14H19ClN4O2/c1-11(20)19-6-2-5-18(7-8-19)10-14(21)17-13-4-3-12(15)9-16-13/h3-4,9H,2,5-8,10H2,1H3,(H,16,17,21). The van der Waals surface area contributed by atoms with Crippen molar-refractivity contribution in [3.05, 3.63) is 23.4 Å². The van der Waals surface area contributed by atoms with Crippen LogP contribution < -0.4 is 5.32 Å². The summed E-state index contributed by atoms with van der Waals surface area (Å²) in [6.45, 7) is 4.82. The van der Waals surface area contributed by atoms with Crippen molar-refractivity contribution in [2.75, 3.05) is 38.0 Å². The fourth-order valence-corrected chi connectivity index (χ4v) is 2.39. The molecule has 1 aliphatic heterocycles. The summed E-state index contributed by atoms with van der Waals surface area (Å²) in [7, 11) is 0. The van der Waals surface area contributed by atoms with Crippen LogP contribution in [0.2, 0.25) is 5.02 Å². The second kappa shape index (κ2) is 7.38. The zero-order chi connectivity index (χ0) is 15.2. The van der Waals surface area contributed by atoms with Gasteiger partial charge in [-0.25, -0.2) is 4.98 Å². The number of carbonyl (C=O) groups is 2. The summed E-state index contributed by atoms with van der Waals surface area (Å²) in [4.78, 5) is 31.2. The molecular formula is C14H19ClN4O2. The third-order valence-corrected chi connectivity index (χ3v) is 3.62. The summed E-state index contributed by atoms with van der Waals surface area (Å²) in [5, 5.41) is 3.27. The first kappa shape index (κ1) is 15.7. The van der Waals surface area contributed by atoms with Gasteiger partial charge in [0.1, 0.15) is 5.82 Å². The molecule has 0 aromatic carbocycles. The van der Waals surface area contributed by atoms with Crippen LogP contribution in [0.4, 0.5) is 5.82 Å².